The Hall–Kier alpha value is -1.93. The van der Waals surface area contributed by atoms with Crippen molar-refractivity contribution in [2.75, 3.05) is 18.4 Å². The number of benzene rings is 1. The third-order valence-electron chi connectivity index (χ3n) is 4.16. The third-order valence-corrected chi connectivity index (χ3v) is 6.06. The number of sulfonamides is 1. The molecule has 7 nitrogen and oxygen atoms in total. The van der Waals surface area contributed by atoms with Gasteiger partial charge in [0.15, 0.2) is 5.82 Å². The molecule has 1 fully saturated rings. The number of hydrogen-bond donors (Lipinski definition) is 1. The molecule has 0 aliphatic carbocycles. The van der Waals surface area contributed by atoms with Crippen LogP contribution >= 0.6 is 0 Å². The molecule has 1 aromatic carbocycles. The molecule has 24 heavy (non-hydrogen) atoms. The summed E-state index contributed by atoms with van der Waals surface area (Å²) in [5.74, 6) is 1.04. The lowest BCUT2D eigenvalue weighted by Gasteiger charge is -2.26. The van der Waals surface area contributed by atoms with E-state index in [1.54, 1.807) is 23.4 Å². The van der Waals surface area contributed by atoms with Crippen molar-refractivity contribution < 1.29 is 12.9 Å². The number of nitrogens with one attached hydrogen (secondary N) is 1. The number of aryl methyl sites for hydroxylation is 2. The Morgan fingerprint density at radius 3 is 2.62 bits per heavy atom. The third kappa shape index (κ3) is 3.59. The second-order valence-electron chi connectivity index (χ2n) is 6.03. The molecular weight excluding hydrogens is 328 g/mol. The predicted octanol–water partition coefficient (Wildman–Crippen LogP) is 2.47. The molecule has 0 atom stereocenters. The van der Waals surface area contributed by atoms with Gasteiger partial charge in [-0.1, -0.05) is 17.6 Å². The molecule has 0 radical (unpaired) electrons. The van der Waals surface area contributed by atoms with Crippen LogP contribution in [-0.2, 0) is 16.6 Å². The molecule has 8 heteroatoms. The molecule has 2 aromatic rings. The Balaban J connectivity index is 1.80. The molecule has 1 aromatic heterocycles. The monoisotopic (exact) mass is 350 g/mol. The van der Waals surface area contributed by atoms with E-state index >= 15 is 0 Å². The van der Waals surface area contributed by atoms with Gasteiger partial charge in [-0.05, 0) is 44.4 Å². The molecule has 1 aliphatic heterocycles. The SMILES string of the molecule is Cc1noc(CNc2cc(S(=O)(=O)N3CCCCC3)ccc2C)n1. The molecule has 130 valence electrons. The van der Waals surface area contributed by atoms with Gasteiger partial charge in [0, 0.05) is 18.8 Å². The Kier molecular flexibility index (Phi) is 4.86. The molecule has 1 N–H and O–H groups in total. The summed E-state index contributed by atoms with van der Waals surface area (Å²) in [5.41, 5.74) is 1.72. The fourth-order valence-electron chi connectivity index (χ4n) is 2.79. The maximum absolute atomic E-state index is 12.8. The van der Waals surface area contributed by atoms with Crippen molar-refractivity contribution in [3.8, 4) is 0 Å². The van der Waals surface area contributed by atoms with Gasteiger partial charge in [-0.25, -0.2) is 8.42 Å². The van der Waals surface area contributed by atoms with E-state index in [1.165, 1.54) is 0 Å². The molecule has 1 aliphatic rings. The van der Waals surface area contributed by atoms with Crippen LogP contribution in [0.15, 0.2) is 27.6 Å². The van der Waals surface area contributed by atoms with Gasteiger partial charge in [-0.15, -0.1) is 0 Å². The summed E-state index contributed by atoms with van der Waals surface area (Å²) >= 11 is 0. The number of anilines is 1. The molecule has 3 rings (SSSR count). The van der Waals surface area contributed by atoms with Crippen molar-refractivity contribution in [3.05, 3.63) is 35.5 Å². The highest BCUT2D eigenvalue weighted by molar-refractivity contribution is 7.89. The van der Waals surface area contributed by atoms with Gasteiger partial charge in [0.05, 0.1) is 11.4 Å². The number of rotatable bonds is 5. The second-order valence-corrected chi connectivity index (χ2v) is 7.97. The molecule has 1 saturated heterocycles. The van der Waals surface area contributed by atoms with E-state index in [4.69, 9.17) is 4.52 Å². The summed E-state index contributed by atoms with van der Waals surface area (Å²) in [6.45, 7) is 5.23. The van der Waals surface area contributed by atoms with Gasteiger partial charge in [-0.2, -0.15) is 9.29 Å². The Bertz CT molecular complexity index is 810. The molecule has 0 spiro atoms. The fourth-order valence-corrected chi connectivity index (χ4v) is 4.33. The minimum absolute atomic E-state index is 0.319. The van der Waals surface area contributed by atoms with Gasteiger partial charge >= 0.3 is 0 Å². The van der Waals surface area contributed by atoms with E-state index in [9.17, 15) is 8.42 Å². The van der Waals surface area contributed by atoms with E-state index in [1.807, 2.05) is 13.0 Å². The maximum Gasteiger partial charge on any atom is 0.245 e. The molecule has 0 saturated carbocycles. The topological polar surface area (TPSA) is 88.3 Å². The number of hydrogen-bond acceptors (Lipinski definition) is 6. The van der Waals surface area contributed by atoms with Gasteiger partial charge in [0.25, 0.3) is 0 Å². The van der Waals surface area contributed by atoms with Crippen LogP contribution < -0.4 is 5.32 Å². The van der Waals surface area contributed by atoms with Crippen molar-refractivity contribution >= 4 is 15.7 Å². The quantitative estimate of drug-likeness (QED) is 0.891. The first-order chi connectivity index (χ1) is 11.5. The zero-order valence-electron chi connectivity index (χ0n) is 13.9. The van der Waals surface area contributed by atoms with Crippen molar-refractivity contribution in [1.29, 1.82) is 0 Å². The molecular formula is C16H22N4O3S. The van der Waals surface area contributed by atoms with Crippen LogP contribution in [-0.4, -0.2) is 36.0 Å². The summed E-state index contributed by atoms with van der Waals surface area (Å²) in [6.07, 6.45) is 2.94. The van der Waals surface area contributed by atoms with Crippen molar-refractivity contribution in [3.63, 3.8) is 0 Å². The van der Waals surface area contributed by atoms with Crippen LogP contribution in [0.3, 0.4) is 0 Å². The standard InChI is InChI=1S/C16H22N4O3S/c1-12-6-7-14(24(21,22)20-8-4-3-5-9-20)10-15(12)17-11-16-18-13(2)19-23-16/h6-7,10,17H,3-5,8-9,11H2,1-2H3. The van der Waals surface area contributed by atoms with Crippen LogP contribution in [0.1, 0.15) is 36.5 Å². The van der Waals surface area contributed by atoms with E-state index in [-0.39, 0.29) is 0 Å². The minimum Gasteiger partial charge on any atom is -0.376 e. The van der Waals surface area contributed by atoms with Crippen molar-refractivity contribution in [1.82, 2.24) is 14.4 Å². The predicted molar refractivity (Wildman–Crippen MR) is 90.2 cm³/mol. The van der Waals surface area contributed by atoms with Crippen LogP contribution in [0.4, 0.5) is 5.69 Å². The number of nitrogens with zero attached hydrogens (tertiary/aromatic N) is 3. The largest absolute Gasteiger partial charge is 0.376 e. The summed E-state index contributed by atoms with van der Waals surface area (Å²) in [7, 11) is -3.44. The van der Waals surface area contributed by atoms with E-state index in [2.05, 4.69) is 15.5 Å². The highest BCUT2D eigenvalue weighted by Crippen LogP contribution is 2.25. The Morgan fingerprint density at radius 1 is 1.21 bits per heavy atom. The number of piperidine rings is 1. The highest BCUT2D eigenvalue weighted by atomic mass is 32.2. The smallest absolute Gasteiger partial charge is 0.245 e. The summed E-state index contributed by atoms with van der Waals surface area (Å²) in [5, 5.41) is 6.92. The lowest BCUT2D eigenvalue weighted by Crippen LogP contribution is -2.35. The van der Waals surface area contributed by atoms with Crippen molar-refractivity contribution in [2.45, 2.75) is 44.6 Å². The summed E-state index contributed by atoms with van der Waals surface area (Å²) in [4.78, 5) is 4.45. The zero-order valence-corrected chi connectivity index (χ0v) is 14.8. The van der Waals surface area contributed by atoms with Crippen LogP contribution in [0, 0.1) is 13.8 Å². The van der Waals surface area contributed by atoms with Gasteiger partial charge in [-0.3, -0.25) is 0 Å². The van der Waals surface area contributed by atoms with Gasteiger partial charge in [0.1, 0.15) is 0 Å². The average Bonchev–Trinajstić information content (AvgIpc) is 3.00. The number of aromatic nitrogens is 2. The summed E-state index contributed by atoms with van der Waals surface area (Å²) < 4.78 is 32.2. The van der Waals surface area contributed by atoms with Gasteiger partial charge < -0.3 is 9.84 Å². The maximum atomic E-state index is 12.8. The van der Waals surface area contributed by atoms with Crippen LogP contribution in [0.2, 0.25) is 0 Å². The Labute approximate surface area is 142 Å². The fraction of sp³-hybridized carbons (Fsp3) is 0.500. The summed E-state index contributed by atoms with van der Waals surface area (Å²) in [6, 6.07) is 5.17. The molecule has 2 heterocycles. The minimum atomic E-state index is -3.44. The molecule has 0 unspecified atom stereocenters. The van der Waals surface area contributed by atoms with Crippen molar-refractivity contribution in [2.24, 2.45) is 0 Å². The first-order valence-corrected chi connectivity index (χ1v) is 9.55. The zero-order chi connectivity index (χ0) is 17.2. The van der Waals surface area contributed by atoms with E-state index < -0.39 is 10.0 Å². The highest BCUT2D eigenvalue weighted by Gasteiger charge is 2.26. The normalized spacial score (nSPS) is 16.2. The Morgan fingerprint density at radius 2 is 1.96 bits per heavy atom. The molecule has 0 amide bonds. The van der Waals surface area contributed by atoms with E-state index in [0.717, 1.165) is 30.5 Å². The average molecular weight is 350 g/mol. The van der Waals surface area contributed by atoms with Crippen LogP contribution in [0.5, 0.6) is 0 Å². The first-order valence-electron chi connectivity index (χ1n) is 8.11. The van der Waals surface area contributed by atoms with E-state index in [0.29, 0.717) is 36.2 Å². The lowest BCUT2D eigenvalue weighted by atomic mass is 10.2. The molecule has 0 bridgehead atoms. The van der Waals surface area contributed by atoms with Gasteiger partial charge in [0.2, 0.25) is 15.9 Å². The first kappa shape index (κ1) is 16.9. The van der Waals surface area contributed by atoms with Crippen LogP contribution in [0.25, 0.3) is 0 Å². The lowest BCUT2D eigenvalue weighted by molar-refractivity contribution is 0.346. The second kappa shape index (κ2) is 6.90.